The lowest BCUT2D eigenvalue weighted by atomic mass is 10.0. The number of hydrogen-bond acceptors (Lipinski definition) is 8. The summed E-state index contributed by atoms with van der Waals surface area (Å²) in [6.45, 7) is 6.69. The molecule has 0 amide bonds. The molecule has 10 heteroatoms. The molecule has 0 bridgehead atoms. The van der Waals surface area contributed by atoms with Gasteiger partial charge in [-0.25, -0.2) is 0 Å². The molecule has 2 N–H and O–H groups in total. The molecule has 0 aliphatic rings. The average Bonchev–Trinajstić information content (AvgIpc) is 3.09. The van der Waals surface area contributed by atoms with Crippen LogP contribution in [0.3, 0.4) is 0 Å². The largest absolute Gasteiger partial charge is 0.462 e. The summed E-state index contributed by atoms with van der Waals surface area (Å²) in [4.78, 5) is 35.4. The van der Waals surface area contributed by atoms with E-state index in [1.807, 2.05) is 7.05 Å². The first-order chi connectivity index (χ1) is 23.9. The summed E-state index contributed by atoms with van der Waals surface area (Å²) in [7, 11) is 0.0370. The second kappa shape index (κ2) is 38.5. The molecule has 0 aliphatic heterocycles. The second-order valence-corrected chi connectivity index (χ2v) is 15.5. The van der Waals surface area contributed by atoms with Crippen LogP contribution < -0.4 is 5.32 Å². The first-order valence-electron chi connectivity index (χ1n) is 20.7. The van der Waals surface area contributed by atoms with E-state index in [0.29, 0.717) is 26.0 Å². The molecule has 0 heterocycles. The highest BCUT2D eigenvalue weighted by atomic mass is 31.2. The number of nitrogens with one attached hydrogen (secondary N) is 1. The Kier molecular flexibility index (Phi) is 37.9. The van der Waals surface area contributed by atoms with Gasteiger partial charge in [-0.05, 0) is 19.9 Å². The quantitative estimate of drug-likeness (QED) is 0.0281. The van der Waals surface area contributed by atoms with E-state index in [1.54, 1.807) is 6.82 Å². The van der Waals surface area contributed by atoms with Crippen molar-refractivity contribution in [1.82, 2.24) is 5.32 Å². The molecular weight excluding hydrogens is 636 g/mol. The standard InChI is InChI=1S/C39H79BNO7P/c1-5-7-9-11-13-15-17-19-21-23-25-27-29-31-38(42)45-35-37(36-46-40(3)49(44)47-34-33-41-4)48-39(43)32-30-28-26-24-22-20-18-16-14-12-10-8-6-2/h37,41,44H,5-36H2,1-4H3. The SMILES string of the molecule is CCCCCCCCCCCCCCCC(=O)OCC(COB(C)P(O)OCCNC)OC(=O)CCCCCCCCCCCCCCC. The molecule has 0 aromatic heterocycles. The zero-order valence-corrected chi connectivity index (χ0v) is 33.5. The maximum absolute atomic E-state index is 12.7. The number of carbonyl (C=O) groups is 2. The molecule has 2 atom stereocenters. The Bertz CT molecular complexity index is 721. The van der Waals surface area contributed by atoms with Gasteiger partial charge in [0.15, 0.2) is 14.4 Å². The van der Waals surface area contributed by atoms with Crippen LogP contribution in [-0.2, 0) is 28.2 Å². The monoisotopic (exact) mass is 716 g/mol. The van der Waals surface area contributed by atoms with E-state index in [0.717, 1.165) is 38.5 Å². The molecule has 0 aliphatic carbocycles. The Hall–Kier alpha value is -0.725. The Morgan fingerprint density at radius 2 is 1.00 bits per heavy atom. The summed E-state index contributed by atoms with van der Waals surface area (Å²) in [6, 6.07) is 0. The van der Waals surface area contributed by atoms with Crippen molar-refractivity contribution in [3.63, 3.8) is 0 Å². The number of rotatable bonds is 39. The van der Waals surface area contributed by atoms with E-state index in [9.17, 15) is 14.5 Å². The van der Waals surface area contributed by atoms with Crippen LogP contribution in [-0.4, -0.2) is 63.0 Å². The maximum Gasteiger partial charge on any atom is 0.382 e. The highest BCUT2D eigenvalue weighted by Crippen LogP contribution is 2.35. The third-order valence-corrected chi connectivity index (χ3v) is 10.3. The van der Waals surface area contributed by atoms with Crippen LogP contribution in [0, 0.1) is 0 Å². The third kappa shape index (κ3) is 35.5. The lowest BCUT2D eigenvalue weighted by molar-refractivity contribution is -0.161. The Labute approximate surface area is 304 Å². The summed E-state index contributed by atoms with van der Waals surface area (Å²) >= 11 is 0. The van der Waals surface area contributed by atoms with Crippen molar-refractivity contribution in [3.05, 3.63) is 0 Å². The highest BCUT2D eigenvalue weighted by Gasteiger charge is 2.26. The van der Waals surface area contributed by atoms with Gasteiger partial charge in [0, 0.05) is 19.4 Å². The van der Waals surface area contributed by atoms with Crippen molar-refractivity contribution in [2.75, 3.05) is 33.4 Å². The lowest BCUT2D eigenvalue weighted by Crippen LogP contribution is -2.32. The molecule has 2 unspecified atom stereocenters. The molecule has 290 valence electrons. The van der Waals surface area contributed by atoms with E-state index >= 15 is 0 Å². The molecule has 0 rings (SSSR count). The van der Waals surface area contributed by atoms with E-state index in [-0.39, 0.29) is 25.2 Å². The summed E-state index contributed by atoms with van der Waals surface area (Å²) in [5.41, 5.74) is 0. The number of carbonyl (C=O) groups excluding carboxylic acids is 2. The molecule has 0 spiro atoms. The minimum absolute atomic E-state index is 0.0340. The van der Waals surface area contributed by atoms with Crippen molar-refractivity contribution in [2.24, 2.45) is 0 Å². The van der Waals surface area contributed by atoms with Gasteiger partial charge in [0.2, 0.25) is 0 Å². The number of unbranched alkanes of at least 4 members (excludes halogenated alkanes) is 24. The number of likely N-dealkylation sites (N-methyl/N-ethyl adjacent to an activating group) is 1. The predicted molar refractivity (Wildman–Crippen MR) is 208 cm³/mol. The van der Waals surface area contributed by atoms with Crippen LogP contribution in [0.1, 0.15) is 194 Å². The molecule has 0 radical (unpaired) electrons. The van der Waals surface area contributed by atoms with Gasteiger partial charge in [0.25, 0.3) is 0 Å². The fraction of sp³-hybridized carbons (Fsp3) is 0.949. The molecule has 0 aromatic rings. The van der Waals surface area contributed by atoms with Crippen molar-refractivity contribution < 1.29 is 33.1 Å². The zero-order chi connectivity index (χ0) is 36.0. The topological polar surface area (TPSA) is 103 Å². The Morgan fingerprint density at radius 3 is 1.41 bits per heavy atom. The molecule has 8 nitrogen and oxygen atoms in total. The Morgan fingerprint density at radius 1 is 0.612 bits per heavy atom. The average molecular weight is 716 g/mol. The van der Waals surface area contributed by atoms with Gasteiger partial charge in [-0.2, -0.15) is 0 Å². The van der Waals surface area contributed by atoms with Crippen LogP contribution in [0.2, 0.25) is 6.82 Å². The Balaban J connectivity index is 4.27. The van der Waals surface area contributed by atoms with Crippen LogP contribution in [0.25, 0.3) is 0 Å². The number of ether oxygens (including phenoxy) is 2. The van der Waals surface area contributed by atoms with Crippen molar-refractivity contribution in [3.8, 4) is 0 Å². The van der Waals surface area contributed by atoms with Gasteiger partial charge < -0.3 is 28.9 Å². The summed E-state index contributed by atoms with van der Waals surface area (Å²) in [6.07, 6.45) is 32.6. The third-order valence-electron chi connectivity index (χ3n) is 9.11. The molecule has 49 heavy (non-hydrogen) atoms. The number of esters is 2. The zero-order valence-electron chi connectivity index (χ0n) is 32.6. The first-order valence-corrected chi connectivity index (χ1v) is 21.9. The molecule has 0 fully saturated rings. The van der Waals surface area contributed by atoms with E-state index in [4.69, 9.17) is 18.7 Å². The molecule has 0 saturated carbocycles. The summed E-state index contributed by atoms with van der Waals surface area (Å²) < 4.78 is 22.4. The fourth-order valence-corrected chi connectivity index (χ4v) is 6.55. The van der Waals surface area contributed by atoms with Crippen molar-refractivity contribution >= 4 is 26.8 Å². The lowest BCUT2D eigenvalue weighted by Gasteiger charge is -2.21. The van der Waals surface area contributed by atoms with E-state index in [1.165, 1.54) is 128 Å². The second-order valence-electron chi connectivity index (χ2n) is 14.0. The predicted octanol–water partition coefficient (Wildman–Crippen LogP) is 11.1. The van der Waals surface area contributed by atoms with Crippen LogP contribution in [0.5, 0.6) is 0 Å². The molecule has 0 aromatic carbocycles. The normalized spacial score (nSPS) is 12.6. The maximum atomic E-state index is 12.7. The highest BCUT2D eigenvalue weighted by molar-refractivity contribution is 7.81. The van der Waals surface area contributed by atoms with Crippen LogP contribution in [0.4, 0.5) is 0 Å². The summed E-state index contributed by atoms with van der Waals surface area (Å²) in [5.74, 6) is -0.568. The van der Waals surface area contributed by atoms with Gasteiger partial charge >= 0.3 is 18.6 Å². The van der Waals surface area contributed by atoms with E-state index in [2.05, 4.69) is 19.2 Å². The van der Waals surface area contributed by atoms with Crippen molar-refractivity contribution in [2.45, 2.75) is 207 Å². The first kappa shape index (κ1) is 48.3. The van der Waals surface area contributed by atoms with Gasteiger partial charge in [-0.1, -0.05) is 175 Å². The van der Waals surface area contributed by atoms with Gasteiger partial charge in [0.1, 0.15) is 6.61 Å². The minimum atomic E-state index is -1.78. The minimum Gasteiger partial charge on any atom is -0.462 e. The smallest absolute Gasteiger partial charge is 0.382 e. The van der Waals surface area contributed by atoms with Crippen LogP contribution >= 0.6 is 8.25 Å². The van der Waals surface area contributed by atoms with Gasteiger partial charge in [-0.15, -0.1) is 0 Å². The fourth-order valence-electron chi connectivity index (χ4n) is 5.85. The summed E-state index contributed by atoms with van der Waals surface area (Å²) in [5, 5.41) is 2.97. The van der Waals surface area contributed by atoms with Crippen LogP contribution in [0.15, 0.2) is 0 Å². The van der Waals surface area contributed by atoms with Crippen molar-refractivity contribution in [1.29, 1.82) is 0 Å². The molecular formula is C39H79BNO7P. The van der Waals surface area contributed by atoms with Gasteiger partial charge in [-0.3, -0.25) is 9.59 Å². The van der Waals surface area contributed by atoms with E-state index < -0.39 is 21.0 Å². The molecule has 0 saturated heterocycles. The number of hydrogen-bond donors (Lipinski definition) is 2. The van der Waals surface area contributed by atoms with Gasteiger partial charge in [0.05, 0.1) is 13.2 Å².